The summed E-state index contributed by atoms with van der Waals surface area (Å²) in [6.45, 7) is 5.77. The normalized spacial score (nSPS) is 12.1. The molecule has 0 radical (unpaired) electrons. The number of carbonyl (C=O) groups excluding carboxylic acids is 2. The van der Waals surface area contributed by atoms with Crippen molar-refractivity contribution in [1.82, 2.24) is 5.32 Å². The maximum absolute atomic E-state index is 13.3. The first-order valence-electron chi connectivity index (χ1n) is 6.35. The van der Waals surface area contributed by atoms with Crippen molar-refractivity contribution in [2.45, 2.75) is 26.9 Å². The molecule has 0 saturated carbocycles. The third-order valence-electron chi connectivity index (χ3n) is 2.57. The minimum absolute atomic E-state index is 0.0406. The molecule has 0 heterocycles. The molecule has 1 atom stereocenters. The van der Waals surface area contributed by atoms with Crippen molar-refractivity contribution in [3.63, 3.8) is 0 Å². The fraction of sp³-hybridized carbons (Fsp3) is 0.429. The summed E-state index contributed by atoms with van der Waals surface area (Å²) in [5.41, 5.74) is -0.179. The van der Waals surface area contributed by atoms with E-state index < -0.39 is 23.8 Å². The minimum Gasteiger partial charge on any atom is -0.449 e. The van der Waals surface area contributed by atoms with E-state index in [4.69, 9.17) is 27.9 Å². The van der Waals surface area contributed by atoms with Gasteiger partial charge in [-0.2, -0.15) is 0 Å². The molecule has 1 aromatic rings. The van der Waals surface area contributed by atoms with Gasteiger partial charge >= 0.3 is 5.97 Å². The van der Waals surface area contributed by atoms with Gasteiger partial charge in [-0.3, -0.25) is 4.79 Å². The van der Waals surface area contributed by atoms with Crippen LogP contribution in [-0.4, -0.2) is 24.5 Å². The molecule has 0 aliphatic carbocycles. The largest absolute Gasteiger partial charge is 0.449 e. The third kappa shape index (κ3) is 5.17. The standard InChI is InChI=1S/C14H16Cl2FNO3/c1-7(2)6-18-13(19)8(3)21-14(20)9-4-12(17)11(16)5-10(9)15/h4-5,7-8H,6H2,1-3H3,(H,18,19)/t8-/m0/s1. The number of rotatable bonds is 5. The van der Waals surface area contributed by atoms with Crippen molar-refractivity contribution in [2.75, 3.05) is 6.54 Å². The maximum atomic E-state index is 13.3. The second-order valence-corrected chi connectivity index (χ2v) is 5.75. The average molecular weight is 336 g/mol. The molecule has 116 valence electrons. The Morgan fingerprint density at radius 3 is 2.43 bits per heavy atom. The number of hydrogen-bond acceptors (Lipinski definition) is 3. The van der Waals surface area contributed by atoms with Crippen LogP contribution < -0.4 is 5.32 Å². The topological polar surface area (TPSA) is 55.4 Å². The monoisotopic (exact) mass is 335 g/mol. The molecular weight excluding hydrogens is 320 g/mol. The van der Waals surface area contributed by atoms with E-state index in [2.05, 4.69) is 5.32 Å². The number of benzene rings is 1. The molecule has 0 aromatic heterocycles. The molecular formula is C14H16Cl2FNO3. The Morgan fingerprint density at radius 2 is 1.86 bits per heavy atom. The Labute approximate surface area is 132 Å². The van der Waals surface area contributed by atoms with Crippen molar-refractivity contribution in [2.24, 2.45) is 5.92 Å². The van der Waals surface area contributed by atoms with Crippen LogP contribution in [0.3, 0.4) is 0 Å². The zero-order chi connectivity index (χ0) is 16.2. The molecule has 1 amide bonds. The van der Waals surface area contributed by atoms with Gasteiger partial charge in [0.05, 0.1) is 15.6 Å². The summed E-state index contributed by atoms with van der Waals surface area (Å²) in [7, 11) is 0. The van der Waals surface area contributed by atoms with Crippen LogP contribution >= 0.6 is 23.2 Å². The predicted molar refractivity (Wildman–Crippen MR) is 79.1 cm³/mol. The Bertz CT molecular complexity index is 549. The second-order valence-electron chi connectivity index (χ2n) is 4.93. The molecule has 7 heteroatoms. The van der Waals surface area contributed by atoms with Gasteiger partial charge in [-0.1, -0.05) is 37.0 Å². The van der Waals surface area contributed by atoms with E-state index in [-0.39, 0.29) is 21.5 Å². The Balaban J connectivity index is 2.73. The van der Waals surface area contributed by atoms with Crippen LogP contribution in [0.2, 0.25) is 10.0 Å². The zero-order valence-electron chi connectivity index (χ0n) is 11.9. The van der Waals surface area contributed by atoms with Crippen molar-refractivity contribution in [3.8, 4) is 0 Å². The number of esters is 1. The predicted octanol–water partition coefficient (Wildman–Crippen LogP) is 3.45. The third-order valence-corrected chi connectivity index (χ3v) is 3.17. The number of hydrogen-bond donors (Lipinski definition) is 1. The summed E-state index contributed by atoms with van der Waals surface area (Å²) in [5.74, 6) is -1.83. The van der Waals surface area contributed by atoms with Gasteiger partial charge in [0.1, 0.15) is 5.82 Å². The molecule has 0 aliphatic rings. The molecule has 1 rings (SSSR count). The summed E-state index contributed by atoms with van der Waals surface area (Å²) < 4.78 is 18.3. The zero-order valence-corrected chi connectivity index (χ0v) is 13.4. The van der Waals surface area contributed by atoms with Gasteiger partial charge in [-0.25, -0.2) is 9.18 Å². The number of nitrogens with one attached hydrogen (secondary N) is 1. The van der Waals surface area contributed by atoms with Crippen LogP contribution in [-0.2, 0) is 9.53 Å². The summed E-state index contributed by atoms with van der Waals surface area (Å²) in [6.07, 6.45) is -1.01. The van der Waals surface area contributed by atoms with Crippen LogP contribution in [0.15, 0.2) is 12.1 Å². The first-order valence-corrected chi connectivity index (χ1v) is 7.11. The lowest BCUT2D eigenvalue weighted by atomic mass is 10.2. The molecule has 4 nitrogen and oxygen atoms in total. The van der Waals surface area contributed by atoms with Gasteiger partial charge in [0.15, 0.2) is 6.10 Å². The highest BCUT2D eigenvalue weighted by atomic mass is 35.5. The first-order chi connectivity index (χ1) is 9.72. The van der Waals surface area contributed by atoms with Crippen LogP contribution in [0.25, 0.3) is 0 Å². The number of halogens is 3. The molecule has 0 aliphatic heterocycles. The number of carbonyl (C=O) groups is 2. The Morgan fingerprint density at radius 1 is 1.24 bits per heavy atom. The van der Waals surface area contributed by atoms with Crippen molar-refractivity contribution in [3.05, 3.63) is 33.6 Å². The van der Waals surface area contributed by atoms with Gasteiger partial charge in [0, 0.05) is 6.54 Å². The lowest BCUT2D eigenvalue weighted by Crippen LogP contribution is -2.37. The highest BCUT2D eigenvalue weighted by molar-refractivity contribution is 6.36. The summed E-state index contributed by atoms with van der Waals surface area (Å²) in [6, 6.07) is 1.99. The number of ether oxygens (including phenoxy) is 1. The maximum Gasteiger partial charge on any atom is 0.340 e. The molecule has 21 heavy (non-hydrogen) atoms. The minimum atomic E-state index is -1.01. The Kier molecular flexibility index (Phi) is 6.42. The molecule has 0 saturated heterocycles. The average Bonchev–Trinajstić information content (AvgIpc) is 2.39. The van der Waals surface area contributed by atoms with Gasteiger partial charge in [0.25, 0.3) is 5.91 Å². The summed E-state index contributed by atoms with van der Waals surface area (Å²) >= 11 is 11.4. The van der Waals surface area contributed by atoms with Crippen LogP contribution in [0.1, 0.15) is 31.1 Å². The van der Waals surface area contributed by atoms with Crippen molar-refractivity contribution >= 4 is 35.1 Å². The molecule has 0 spiro atoms. The van der Waals surface area contributed by atoms with E-state index in [0.717, 1.165) is 12.1 Å². The highest BCUT2D eigenvalue weighted by Gasteiger charge is 2.21. The van der Waals surface area contributed by atoms with Gasteiger partial charge < -0.3 is 10.1 Å². The van der Waals surface area contributed by atoms with E-state index in [1.54, 1.807) is 0 Å². The smallest absolute Gasteiger partial charge is 0.340 e. The van der Waals surface area contributed by atoms with E-state index in [1.807, 2.05) is 13.8 Å². The molecule has 0 bridgehead atoms. The molecule has 0 fully saturated rings. The van der Waals surface area contributed by atoms with E-state index in [9.17, 15) is 14.0 Å². The van der Waals surface area contributed by atoms with Gasteiger partial charge in [-0.05, 0) is 25.0 Å². The van der Waals surface area contributed by atoms with Crippen LogP contribution in [0.5, 0.6) is 0 Å². The van der Waals surface area contributed by atoms with E-state index >= 15 is 0 Å². The Hall–Kier alpha value is -1.33. The van der Waals surface area contributed by atoms with Crippen molar-refractivity contribution < 1.29 is 18.7 Å². The lowest BCUT2D eigenvalue weighted by Gasteiger charge is -2.15. The number of amides is 1. The van der Waals surface area contributed by atoms with Gasteiger partial charge in [0.2, 0.25) is 0 Å². The SMILES string of the molecule is CC(C)CNC(=O)[C@H](C)OC(=O)c1cc(F)c(Cl)cc1Cl. The van der Waals surface area contributed by atoms with E-state index in [0.29, 0.717) is 6.54 Å². The fourth-order valence-electron chi connectivity index (χ4n) is 1.40. The summed E-state index contributed by atoms with van der Waals surface area (Å²) in [4.78, 5) is 23.6. The fourth-order valence-corrected chi connectivity index (χ4v) is 1.87. The van der Waals surface area contributed by atoms with Crippen LogP contribution in [0.4, 0.5) is 4.39 Å². The lowest BCUT2D eigenvalue weighted by molar-refractivity contribution is -0.129. The van der Waals surface area contributed by atoms with Crippen molar-refractivity contribution in [1.29, 1.82) is 0 Å². The van der Waals surface area contributed by atoms with Crippen LogP contribution in [0, 0.1) is 11.7 Å². The second kappa shape index (κ2) is 7.61. The molecule has 0 unspecified atom stereocenters. The molecule has 1 N–H and O–H groups in total. The highest BCUT2D eigenvalue weighted by Crippen LogP contribution is 2.25. The first kappa shape index (κ1) is 17.7. The quantitative estimate of drug-likeness (QED) is 0.662. The summed E-state index contributed by atoms with van der Waals surface area (Å²) in [5, 5.41) is 2.39. The van der Waals surface area contributed by atoms with E-state index in [1.165, 1.54) is 6.92 Å². The van der Waals surface area contributed by atoms with Gasteiger partial charge in [-0.15, -0.1) is 0 Å². The molecule has 1 aromatic carbocycles.